The van der Waals surface area contributed by atoms with Crippen LogP contribution in [0.3, 0.4) is 0 Å². The molecule has 0 saturated heterocycles. The van der Waals surface area contributed by atoms with E-state index in [9.17, 15) is 4.79 Å². The molecule has 0 amide bonds. The second-order valence-corrected chi connectivity index (χ2v) is 3.54. The fourth-order valence-corrected chi connectivity index (χ4v) is 1.56. The summed E-state index contributed by atoms with van der Waals surface area (Å²) in [6.07, 6.45) is 0.150. The molecular formula is C11H15Cl2NO2. The summed E-state index contributed by atoms with van der Waals surface area (Å²) in [6.45, 7) is 2.13. The fourth-order valence-electron chi connectivity index (χ4n) is 1.29. The highest BCUT2D eigenvalue weighted by Gasteiger charge is 2.14. The van der Waals surface area contributed by atoms with Gasteiger partial charge in [-0.25, -0.2) is 0 Å². The van der Waals surface area contributed by atoms with E-state index in [0.29, 0.717) is 11.6 Å². The maximum atomic E-state index is 11.2. The van der Waals surface area contributed by atoms with E-state index in [1.807, 2.05) is 18.2 Å². The van der Waals surface area contributed by atoms with Crippen molar-refractivity contribution in [3.8, 4) is 0 Å². The Balaban J connectivity index is 0.00000225. The Bertz CT molecular complexity index is 345. The highest BCUT2D eigenvalue weighted by molar-refractivity contribution is 6.31. The second-order valence-electron chi connectivity index (χ2n) is 3.14. The summed E-state index contributed by atoms with van der Waals surface area (Å²) in [5.74, 6) is -0.301. The quantitative estimate of drug-likeness (QED) is 0.850. The maximum absolute atomic E-state index is 11.2. The van der Waals surface area contributed by atoms with Gasteiger partial charge in [0.25, 0.3) is 0 Å². The van der Waals surface area contributed by atoms with E-state index in [1.165, 1.54) is 0 Å². The van der Waals surface area contributed by atoms with E-state index in [2.05, 4.69) is 0 Å². The Morgan fingerprint density at radius 2 is 2.12 bits per heavy atom. The van der Waals surface area contributed by atoms with Crippen LogP contribution in [0, 0.1) is 0 Å². The Labute approximate surface area is 106 Å². The third kappa shape index (κ3) is 4.39. The lowest BCUT2D eigenvalue weighted by Gasteiger charge is -2.12. The minimum absolute atomic E-state index is 0. The van der Waals surface area contributed by atoms with Crippen molar-refractivity contribution in [1.82, 2.24) is 0 Å². The van der Waals surface area contributed by atoms with E-state index in [0.717, 1.165) is 5.56 Å². The SMILES string of the molecule is CCOC(=O)C[C@H](N)c1ccccc1Cl.Cl. The van der Waals surface area contributed by atoms with Crippen LogP contribution in [0.15, 0.2) is 24.3 Å². The zero-order valence-corrected chi connectivity index (χ0v) is 10.6. The molecule has 16 heavy (non-hydrogen) atoms. The number of hydrogen-bond donors (Lipinski definition) is 1. The number of carbonyl (C=O) groups is 1. The minimum atomic E-state index is -0.405. The molecule has 0 unspecified atom stereocenters. The lowest BCUT2D eigenvalue weighted by Crippen LogP contribution is -2.17. The van der Waals surface area contributed by atoms with Crippen molar-refractivity contribution >= 4 is 30.0 Å². The lowest BCUT2D eigenvalue weighted by molar-refractivity contribution is -0.143. The van der Waals surface area contributed by atoms with Crippen molar-refractivity contribution in [3.63, 3.8) is 0 Å². The molecule has 1 aromatic rings. The highest BCUT2D eigenvalue weighted by atomic mass is 35.5. The molecular weight excluding hydrogens is 249 g/mol. The summed E-state index contributed by atoms with van der Waals surface area (Å²) in [6, 6.07) is 6.82. The van der Waals surface area contributed by atoms with Gasteiger partial charge in [-0.2, -0.15) is 0 Å². The summed E-state index contributed by atoms with van der Waals surface area (Å²) in [4.78, 5) is 11.2. The van der Waals surface area contributed by atoms with Gasteiger partial charge in [0.1, 0.15) is 0 Å². The first-order chi connectivity index (χ1) is 7.15. The second kappa shape index (κ2) is 7.49. The predicted molar refractivity (Wildman–Crippen MR) is 66.9 cm³/mol. The fraction of sp³-hybridized carbons (Fsp3) is 0.364. The highest BCUT2D eigenvalue weighted by Crippen LogP contribution is 2.23. The molecule has 2 N–H and O–H groups in total. The van der Waals surface area contributed by atoms with Gasteiger partial charge in [-0.3, -0.25) is 4.79 Å². The van der Waals surface area contributed by atoms with Crippen molar-refractivity contribution in [2.45, 2.75) is 19.4 Å². The van der Waals surface area contributed by atoms with E-state index in [-0.39, 0.29) is 24.8 Å². The zero-order valence-electron chi connectivity index (χ0n) is 8.98. The molecule has 0 heterocycles. The zero-order chi connectivity index (χ0) is 11.3. The van der Waals surface area contributed by atoms with Crippen LogP contribution >= 0.6 is 24.0 Å². The van der Waals surface area contributed by atoms with Crippen molar-refractivity contribution in [3.05, 3.63) is 34.9 Å². The molecule has 0 bridgehead atoms. The van der Waals surface area contributed by atoms with Crippen LogP contribution in [0.4, 0.5) is 0 Å². The minimum Gasteiger partial charge on any atom is -0.466 e. The summed E-state index contributed by atoms with van der Waals surface area (Å²) >= 11 is 5.95. The van der Waals surface area contributed by atoms with E-state index in [4.69, 9.17) is 22.1 Å². The molecule has 0 saturated carbocycles. The topological polar surface area (TPSA) is 52.3 Å². The molecule has 90 valence electrons. The summed E-state index contributed by atoms with van der Waals surface area (Å²) in [5.41, 5.74) is 6.61. The summed E-state index contributed by atoms with van der Waals surface area (Å²) in [5, 5.41) is 0.578. The molecule has 0 aliphatic rings. The molecule has 3 nitrogen and oxygen atoms in total. The number of hydrogen-bond acceptors (Lipinski definition) is 3. The van der Waals surface area contributed by atoms with Gasteiger partial charge in [-0.15, -0.1) is 12.4 Å². The van der Waals surface area contributed by atoms with E-state index < -0.39 is 6.04 Å². The van der Waals surface area contributed by atoms with Crippen LogP contribution in [-0.4, -0.2) is 12.6 Å². The van der Waals surface area contributed by atoms with Crippen molar-refractivity contribution in [1.29, 1.82) is 0 Å². The molecule has 1 rings (SSSR count). The standard InChI is InChI=1S/C11H14ClNO2.ClH/c1-2-15-11(14)7-10(13)8-5-3-4-6-9(8)12;/h3-6,10H,2,7,13H2,1H3;1H/t10-;/m0./s1. The average Bonchev–Trinajstić information content (AvgIpc) is 2.18. The van der Waals surface area contributed by atoms with Gasteiger partial charge in [0.05, 0.1) is 13.0 Å². The predicted octanol–water partition coefficient (Wildman–Crippen LogP) is 2.71. The van der Waals surface area contributed by atoms with Crippen LogP contribution in [0.2, 0.25) is 5.02 Å². The van der Waals surface area contributed by atoms with Gasteiger partial charge >= 0.3 is 5.97 Å². The van der Waals surface area contributed by atoms with Crippen molar-refractivity contribution < 1.29 is 9.53 Å². The first-order valence-electron chi connectivity index (χ1n) is 4.80. The molecule has 0 radical (unpaired) electrons. The van der Waals surface area contributed by atoms with E-state index >= 15 is 0 Å². The number of nitrogens with two attached hydrogens (primary N) is 1. The number of ether oxygens (including phenoxy) is 1. The number of esters is 1. The first-order valence-corrected chi connectivity index (χ1v) is 5.18. The van der Waals surface area contributed by atoms with Crippen LogP contribution in [-0.2, 0) is 9.53 Å². The smallest absolute Gasteiger partial charge is 0.307 e. The molecule has 5 heteroatoms. The van der Waals surface area contributed by atoms with Crippen molar-refractivity contribution in [2.24, 2.45) is 5.73 Å². The maximum Gasteiger partial charge on any atom is 0.307 e. The Morgan fingerprint density at radius 3 is 2.69 bits per heavy atom. The van der Waals surface area contributed by atoms with Gasteiger partial charge in [0.2, 0.25) is 0 Å². The number of halogens is 2. The Morgan fingerprint density at radius 1 is 1.50 bits per heavy atom. The average molecular weight is 264 g/mol. The van der Waals surface area contributed by atoms with Crippen LogP contribution < -0.4 is 5.73 Å². The third-order valence-electron chi connectivity index (χ3n) is 2.00. The van der Waals surface area contributed by atoms with Gasteiger partial charge in [-0.05, 0) is 18.6 Å². The van der Waals surface area contributed by atoms with Gasteiger partial charge in [-0.1, -0.05) is 29.8 Å². The van der Waals surface area contributed by atoms with Crippen LogP contribution in [0.25, 0.3) is 0 Å². The third-order valence-corrected chi connectivity index (χ3v) is 2.34. The molecule has 1 aromatic carbocycles. The van der Waals surface area contributed by atoms with Gasteiger partial charge in [0, 0.05) is 11.1 Å². The number of rotatable bonds is 4. The van der Waals surface area contributed by atoms with Crippen LogP contribution in [0.1, 0.15) is 24.9 Å². The van der Waals surface area contributed by atoms with E-state index in [1.54, 1.807) is 13.0 Å². The molecule has 0 fully saturated rings. The monoisotopic (exact) mass is 263 g/mol. The summed E-state index contributed by atoms with van der Waals surface area (Å²) in [7, 11) is 0. The Hall–Kier alpha value is -0.770. The largest absolute Gasteiger partial charge is 0.466 e. The van der Waals surface area contributed by atoms with Gasteiger partial charge < -0.3 is 10.5 Å². The first kappa shape index (κ1) is 15.2. The lowest BCUT2D eigenvalue weighted by atomic mass is 10.1. The van der Waals surface area contributed by atoms with Crippen molar-refractivity contribution in [2.75, 3.05) is 6.61 Å². The molecule has 0 aromatic heterocycles. The van der Waals surface area contributed by atoms with Gasteiger partial charge in [0.15, 0.2) is 0 Å². The molecule has 0 aliphatic heterocycles. The Kier molecular flexibility index (Phi) is 7.13. The molecule has 0 spiro atoms. The molecule has 1 atom stereocenters. The van der Waals surface area contributed by atoms with Crippen LogP contribution in [0.5, 0.6) is 0 Å². The number of carbonyl (C=O) groups excluding carboxylic acids is 1. The number of benzene rings is 1. The summed E-state index contributed by atoms with van der Waals surface area (Å²) < 4.78 is 4.81. The normalized spacial score (nSPS) is 11.4. The molecule has 0 aliphatic carbocycles.